The average Bonchev–Trinajstić information content (AvgIpc) is 0.822. The van der Waals surface area contributed by atoms with Crippen molar-refractivity contribution < 1.29 is 4.74 Å². The molecule has 0 saturated heterocycles. The van der Waals surface area contributed by atoms with E-state index in [4.69, 9.17) is 16.3 Å². The summed E-state index contributed by atoms with van der Waals surface area (Å²) in [6.45, 7) is 30.0. The number of hydrogen-bond acceptors (Lipinski definition) is 6. The molecule has 0 bridgehead atoms. The van der Waals surface area contributed by atoms with E-state index >= 15 is 0 Å². The van der Waals surface area contributed by atoms with Gasteiger partial charge in [0.1, 0.15) is 5.75 Å². The zero-order chi connectivity index (χ0) is 80.3. The summed E-state index contributed by atoms with van der Waals surface area (Å²) in [5.74, 6) is 0.897. The first-order chi connectivity index (χ1) is 54.7. The normalized spacial score (nSPS) is 13.7. The molecule has 8 atom stereocenters. The fourth-order valence-electron chi connectivity index (χ4n) is 13.9. The van der Waals surface area contributed by atoms with Crippen molar-refractivity contribution in [2.24, 2.45) is 0 Å². The van der Waals surface area contributed by atoms with Crippen LogP contribution in [0.5, 0.6) is 5.75 Å². The summed E-state index contributed by atoms with van der Waals surface area (Å²) < 4.78 is 5.28. The molecule has 0 fully saturated rings. The van der Waals surface area contributed by atoms with Crippen molar-refractivity contribution in [3.63, 3.8) is 0 Å². The SMILES string of the molecule is C/C(=C\c1ccccc1)CN[C@H](C)c1cccc2ccccc12.COc1cccc(C(C)NC(C)/C=C/c2cccc(C)c2)c1.Cc1cccc(/C=C/[C@H](C)N[C@H](C)c2cccc3ccccc23)c1.Cc1cccc(/C=C/[C@H](C)N[C@H](C)c2cccc3ccccc23)c1.Cc1cccc([C@@H](C)NC/C=C/c2ccccc2Cl)c1. The fraction of sp³-hybridized carbons (Fsp3) is 0.226. The molecule has 2 unspecified atom stereocenters. The van der Waals surface area contributed by atoms with Gasteiger partial charge in [-0.15, -0.1) is 0 Å². The summed E-state index contributed by atoms with van der Waals surface area (Å²) in [5.41, 5.74) is 19.2. The highest BCUT2D eigenvalue weighted by molar-refractivity contribution is 6.32. The Hall–Kier alpha value is -10.8. The van der Waals surface area contributed by atoms with E-state index in [0.717, 1.165) is 29.4 Å². The van der Waals surface area contributed by atoms with Crippen LogP contribution in [-0.4, -0.2) is 38.3 Å². The van der Waals surface area contributed by atoms with Gasteiger partial charge in [-0.2, -0.15) is 0 Å². The first-order valence-electron chi connectivity index (χ1n) is 40.0. The number of ether oxygens (including phenoxy) is 1. The van der Waals surface area contributed by atoms with Gasteiger partial charge in [-0.05, 0) is 196 Å². The Kier molecular flexibility index (Phi) is 34.8. The van der Waals surface area contributed by atoms with Crippen LogP contribution in [0, 0.1) is 27.7 Å². The Morgan fingerprint density at radius 1 is 0.345 bits per heavy atom. The van der Waals surface area contributed by atoms with E-state index in [9.17, 15) is 0 Å². The summed E-state index contributed by atoms with van der Waals surface area (Å²) in [7, 11) is 1.70. The van der Waals surface area contributed by atoms with Crippen LogP contribution in [0.25, 0.3) is 62.7 Å². The van der Waals surface area contributed by atoms with Crippen LogP contribution < -0.4 is 31.3 Å². The number of halogens is 1. The maximum absolute atomic E-state index is 6.11. The lowest BCUT2D eigenvalue weighted by atomic mass is 9.99. The Labute approximate surface area is 681 Å². The number of fused-ring (bicyclic) bond motifs is 3. The highest BCUT2D eigenvalue weighted by atomic mass is 35.5. The predicted molar refractivity (Wildman–Crippen MR) is 493 cm³/mol. The van der Waals surface area contributed by atoms with Crippen LogP contribution in [0.1, 0.15) is 170 Å². The van der Waals surface area contributed by atoms with Gasteiger partial charge in [-0.3, -0.25) is 0 Å². The molecule has 5 N–H and O–H groups in total. The zero-order valence-corrected chi connectivity index (χ0v) is 69.6. The van der Waals surface area contributed by atoms with Crippen molar-refractivity contribution in [1.29, 1.82) is 0 Å². The molecule has 6 nitrogen and oxygen atoms in total. The average molecular weight is 1510 g/mol. The Balaban J connectivity index is 0.000000162. The maximum atomic E-state index is 6.11. The molecule has 113 heavy (non-hydrogen) atoms. The molecule has 0 saturated carbocycles. The molecule has 0 aliphatic rings. The minimum atomic E-state index is 0.271. The Morgan fingerprint density at radius 3 is 1.17 bits per heavy atom. The minimum absolute atomic E-state index is 0.271. The van der Waals surface area contributed by atoms with Gasteiger partial charge in [0.05, 0.1) is 7.11 Å². The lowest BCUT2D eigenvalue weighted by molar-refractivity contribution is 0.413. The number of rotatable bonds is 26. The van der Waals surface area contributed by atoms with Crippen molar-refractivity contribution in [3.05, 3.63) is 416 Å². The van der Waals surface area contributed by atoms with Gasteiger partial charge in [0.25, 0.3) is 0 Å². The smallest absolute Gasteiger partial charge is 0.119 e. The first kappa shape index (κ1) is 86.2. The third kappa shape index (κ3) is 28.7. The number of hydrogen-bond donors (Lipinski definition) is 5. The zero-order valence-electron chi connectivity index (χ0n) is 68.9. The quantitative estimate of drug-likeness (QED) is 0.0372. The van der Waals surface area contributed by atoms with Crippen molar-refractivity contribution in [3.8, 4) is 5.75 Å². The van der Waals surface area contributed by atoms with Gasteiger partial charge in [0, 0.05) is 66.4 Å². The molecule has 580 valence electrons. The van der Waals surface area contributed by atoms with Gasteiger partial charge in [0.2, 0.25) is 0 Å². The molecule has 0 amide bonds. The third-order valence-corrected chi connectivity index (χ3v) is 20.4. The van der Waals surface area contributed by atoms with E-state index < -0.39 is 0 Å². The topological polar surface area (TPSA) is 69.4 Å². The van der Waals surface area contributed by atoms with Crippen LogP contribution in [0.3, 0.4) is 0 Å². The van der Waals surface area contributed by atoms with Gasteiger partial charge in [-0.25, -0.2) is 0 Å². The van der Waals surface area contributed by atoms with Crippen molar-refractivity contribution in [2.45, 2.75) is 138 Å². The molecule has 0 heterocycles. The van der Waals surface area contributed by atoms with Crippen molar-refractivity contribution in [1.82, 2.24) is 26.6 Å². The van der Waals surface area contributed by atoms with Crippen LogP contribution in [0.4, 0.5) is 0 Å². The Morgan fingerprint density at radius 2 is 0.717 bits per heavy atom. The molecule has 0 spiro atoms. The molecule has 13 aromatic rings. The first-order valence-corrected chi connectivity index (χ1v) is 40.4. The van der Waals surface area contributed by atoms with E-state index in [-0.39, 0.29) is 6.04 Å². The number of aryl methyl sites for hydroxylation is 4. The second kappa shape index (κ2) is 45.7. The van der Waals surface area contributed by atoms with E-state index in [0.29, 0.717) is 42.3 Å². The molecule has 7 heteroatoms. The summed E-state index contributed by atoms with van der Waals surface area (Å²) >= 11 is 6.11. The largest absolute Gasteiger partial charge is 0.497 e. The molecule has 0 radical (unpaired) electrons. The molecular formula is C106H118ClN5O. The highest BCUT2D eigenvalue weighted by Crippen LogP contribution is 2.29. The molecule has 0 aliphatic carbocycles. The van der Waals surface area contributed by atoms with Crippen LogP contribution in [-0.2, 0) is 0 Å². The summed E-state index contributed by atoms with van der Waals surface area (Å²) in [4.78, 5) is 0. The number of nitrogens with one attached hydrogen (secondary N) is 5. The molecule has 13 rings (SSSR count). The van der Waals surface area contributed by atoms with Crippen LogP contribution in [0.2, 0.25) is 5.02 Å². The standard InChI is InChI=1S/2C23H25N.C22H23N.C20H25NO.C18H20ClN/c2*1-17-8-6-9-20(16-17)15-14-18(2)24-19(3)22-13-7-11-21-10-4-5-12-23(21)22;1-17(15-19-9-4-3-5-10-19)16-23-18(2)21-14-8-12-20-11-6-7-13-22(20)21;1-15-7-5-8-18(13-15)12-11-16(2)21-17(3)19-9-6-10-20(14-19)22-4;1-14-7-5-9-17(13-14)15(2)20-12-6-10-16-8-3-4-11-18(16)19/h2*4-16,18-19,24H,1-3H3;3-15,18,23H,16H2,1-2H3;5-14,16-17,21H,1-4H3;3-11,13,15,20H,12H2,1-2H3/b2*15-14+;17-15+;12-11+;10-6+/t2*18-,19+;18-;;15-/m001.1/s1. The van der Waals surface area contributed by atoms with E-state index in [1.54, 1.807) is 7.11 Å². The van der Waals surface area contributed by atoms with Crippen LogP contribution in [0.15, 0.2) is 333 Å². The summed E-state index contributed by atoms with van der Waals surface area (Å²) in [6.07, 6.45) is 19.6. The second-order valence-electron chi connectivity index (χ2n) is 29.8. The predicted octanol–water partition coefficient (Wildman–Crippen LogP) is 27.2. The van der Waals surface area contributed by atoms with Gasteiger partial charge in [-0.1, -0.05) is 379 Å². The van der Waals surface area contributed by atoms with Gasteiger partial charge >= 0.3 is 0 Å². The fourth-order valence-corrected chi connectivity index (χ4v) is 14.1. The number of methoxy groups -OCH3 is 1. The maximum Gasteiger partial charge on any atom is 0.119 e. The lowest BCUT2D eigenvalue weighted by Gasteiger charge is -2.20. The van der Waals surface area contributed by atoms with E-state index in [1.165, 1.54) is 110 Å². The van der Waals surface area contributed by atoms with Gasteiger partial charge < -0.3 is 31.3 Å². The molecule has 13 aromatic carbocycles. The van der Waals surface area contributed by atoms with E-state index in [2.05, 4.69) is 432 Å². The number of benzene rings is 13. The minimum Gasteiger partial charge on any atom is -0.497 e. The van der Waals surface area contributed by atoms with Crippen LogP contribution >= 0.6 is 11.6 Å². The van der Waals surface area contributed by atoms with Crippen molar-refractivity contribution >= 4 is 74.3 Å². The molecular weight excluding hydrogens is 1390 g/mol. The third-order valence-electron chi connectivity index (χ3n) is 20.0. The Bertz CT molecular complexity index is 5070. The lowest BCUT2D eigenvalue weighted by Crippen LogP contribution is -2.27. The molecule has 0 aliphatic heterocycles. The summed E-state index contributed by atoms with van der Waals surface area (Å²) in [5, 5.41) is 26.8. The van der Waals surface area contributed by atoms with Crippen molar-refractivity contribution in [2.75, 3.05) is 20.2 Å². The van der Waals surface area contributed by atoms with Gasteiger partial charge in [0.15, 0.2) is 0 Å². The summed E-state index contributed by atoms with van der Waals surface area (Å²) in [6, 6.07) is 109. The second-order valence-corrected chi connectivity index (χ2v) is 30.2. The van der Waals surface area contributed by atoms with E-state index in [1.807, 2.05) is 42.5 Å². The molecule has 0 aromatic heterocycles. The monoisotopic (exact) mass is 1510 g/mol. The highest BCUT2D eigenvalue weighted by Gasteiger charge is 2.15.